The van der Waals surface area contributed by atoms with E-state index in [4.69, 9.17) is 8.75 Å². The Morgan fingerprint density at radius 1 is 0.142 bits per heavy atom. The number of thiophene rings is 12. The number of hydrogen-bond acceptors (Lipinski definition) is 30. The largest absolute Gasteiger partial charge is 0.172 e. The zero-order valence-electron chi connectivity index (χ0n) is 85.3. The number of hydrogen-bond donors (Lipinski definition) is 0. The highest BCUT2D eigenvalue weighted by atomic mass is 32.2. The van der Waals surface area contributed by atoms with Gasteiger partial charge in [-0.2, -0.15) is 52.5 Å². The van der Waals surface area contributed by atoms with Gasteiger partial charge in [0.25, 0.3) is 0 Å². The number of aryl methyl sites for hydroxylation is 18. The Kier molecular flexibility index (Phi) is 30.2. The Hall–Kier alpha value is -10.9. The summed E-state index contributed by atoms with van der Waals surface area (Å²) in [5.41, 5.74) is 45.2. The van der Waals surface area contributed by atoms with Crippen molar-refractivity contribution in [3.05, 3.63) is 320 Å². The maximum absolute atomic E-state index is 4.72. The predicted octanol–water partition coefficient (Wildman–Crippen LogP) is 41.0. The van der Waals surface area contributed by atoms with Crippen molar-refractivity contribution in [1.82, 2.24) is 52.5 Å². The van der Waals surface area contributed by atoms with Gasteiger partial charge in [0.15, 0.2) is 0 Å². The topological polar surface area (TPSA) is 155 Å². The summed E-state index contributed by atoms with van der Waals surface area (Å²) in [7, 11) is 0. The van der Waals surface area contributed by atoms with Crippen LogP contribution in [0.3, 0.4) is 0 Å². The molecule has 0 aliphatic carbocycles. The highest BCUT2D eigenvalue weighted by Gasteiger charge is 2.28. The van der Waals surface area contributed by atoms with Gasteiger partial charge in [0, 0.05) is 184 Å². The molecule has 26 rings (SSSR count). The van der Waals surface area contributed by atoms with Crippen LogP contribution in [0.1, 0.15) is 114 Å². The molecule has 0 saturated carbocycles. The molecule has 0 N–H and O–H groups in total. The van der Waals surface area contributed by atoms with Crippen molar-refractivity contribution in [2.45, 2.75) is 152 Å². The Morgan fingerprint density at radius 3 is 0.574 bits per heavy atom. The fourth-order valence-corrected chi connectivity index (χ4v) is 34.5. The molecule has 0 saturated heterocycles. The van der Waals surface area contributed by atoms with Gasteiger partial charge >= 0.3 is 0 Å². The maximum Gasteiger partial charge on any atom is 0.114 e. The van der Waals surface area contributed by atoms with E-state index in [0.717, 1.165) is 77.3 Å². The van der Waals surface area contributed by atoms with Crippen molar-refractivity contribution in [1.29, 1.82) is 0 Å². The quantitative estimate of drug-likeness (QED) is 0.102. The van der Waals surface area contributed by atoms with E-state index in [2.05, 4.69) is 402 Å². The second-order valence-electron chi connectivity index (χ2n) is 37.1. The summed E-state index contributed by atoms with van der Waals surface area (Å²) in [5.74, 6) is 0. The summed E-state index contributed by atoms with van der Waals surface area (Å²) >= 11 is 29.8. The molecule has 0 fully saturated rings. The molecule has 740 valence electrons. The molecule has 0 unspecified atom stereocenters. The molecule has 8 aromatic carbocycles. The van der Waals surface area contributed by atoms with Crippen molar-refractivity contribution in [3.8, 4) is 148 Å². The van der Waals surface area contributed by atoms with Crippen molar-refractivity contribution < 1.29 is 0 Å². The van der Waals surface area contributed by atoms with Gasteiger partial charge in [0.05, 0.1) is 70.4 Å². The summed E-state index contributed by atoms with van der Waals surface area (Å²) in [6, 6.07) is 74.4. The van der Waals surface area contributed by atoms with Gasteiger partial charge in [0.2, 0.25) is 0 Å². The molecule has 0 spiro atoms. The van der Waals surface area contributed by atoms with E-state index < -0.39 is 0 Å². The van der Waals surface area contributed by atoms with Crippen LogP contribution in [0, 0.1) is 152 Å². The molecule has 0 amide bonds. The van der Waals surface area contributed by atoms with Gasteiger partial charge in [-0.3, -0.25) is 0 Å². The zero-order valence-corrected chi connectivity index (χ0v) is 100. The van der Waals surface area contributed by atoms with Gasteiger partial charge in [-0.25, -0.2) is 0 Å². The number of aromatic nitrogens is 12. The lowest BCUT2D eigenvalue weighted by Gasteiger charge is -2.06. The molecule has 26 aromatic rings. The molecule has 0 aliphatic heterocycles. The average Bonchev–Trinajstić information content (AvgIpc) is 1.59. The summed E-state index contributed by atoms with van der Waals surface area (Å²) in [5, 5.41) is 0. The monoisotopic (exact) mass is 2260 g/mol. The van der Waals surface area contributed by atoms with Crippen LogP contribution in [0.15, 0.2) is 206 Å². The molecular weight excluding hydrogens is 2160 g/mol. The SMILES string of the molecule is Cc1cc(-c2ccc(-c3cc(C)c(C)s3)c3nsnc23)sc1C.Cc1cc(-c2ccc(-c3cc(C)c(C)s3)c3nsnc23)sc1C.Cc1cc(C)c(-c2ccc(-c3sc(C)cc3C)c3nsnc23)s1.Cc1ccc(-c2ccc(-c3ccc(C)s3)c3nsnc23)s1.Cc1sc(-c2ccc(-c3cc(-c4ccccc4)c(C)s3)c3nsnc23)cc1-c1ccccc1.Cc1sc(-c2ccc(-c3sc(C)c(C)c3C)c3nsnc23)c(C)c1C. The van der Waals surface area contributed by atoms with E-state index in [9.17, 15) is 0 Å². The van der Waals surface area contributed by atoms with E-state index in [-0.39, 0.29) is 0 Å². The van der Waals surface area contributed by atoms with Crippen LogP contribution in [0.5, 0.6) is 0 Å². The molecular formula is C118H100N12S18. The van der Waals surface area contributed by atoms with E-state index in [1.807, 2.05) is 113 Å². The van der Waals surface area contributed by atoms with Crippen LogP contribution >= 0.6 is 206 Å². The van der Waals surface area contributed by atoms with Gasteiger partial charge in [-0.05, 0) is 303 Å². The Labute approximate surface area is 935 Å². The summed E-state index contributed by atoms with van der Waals surface area (Å²) in [4.78, 5) is 31.6. The standard InChI is InChI=1S/C28H20N2S3.C20H20N2S3.3C18H16N2S3.C16H12N2S3/c1-17-23(19-9-5-3-6-10-19)15-25(31-17)21-13-14-22(28-27(21)29-33-30-28)26-16-24(18(2)32-26)20-11-7-4-8-12-20;1-9-11(3)19(23-13(9)5)15-7-8-16(18-17(15)21-25-22-18)20-12(4)10(2)14(6)24-20;2*1-9-7-15(21-11(9)3)13-5-6-14(18-17(13)19-23-20-18)16-8-10(2)12(4)22-16;1-9-7-11(3)21-17(9)13-5-6-14(16-15(13)19-23-20-16)18-10(2)8-12(4)22-18;1-9-3-7-13(19-9)11-5-6-12(14-8-4-10(2)20-14)16-15(11)17-21-18-16/h3-16H,1-2H3;7-8H,1-6H3;3*5-8H,1-4H3;3-8H,1-2H3. The van der Waals surface area contributed by atoms with Gasteiger partial charge in [-0.15, -0.1) is 136 Å². The lowest BCUT2D eigenvalue weighted by Crippen LogP contribution is -1.86. The first kappa shape index (κ1) is 103. The minimum absolute atomic E-state index is 0.991. The highest BCUT2D eigenvalue weighted by molar-refractivity contribution is 7.20. The minimum atomic E-state index is 0.991. The number of benzene rings is 8. The minimum Gasteiger partial charge on any atom is -0.172 e. The van der Waals surface area contributed by atoms with E-state index in [0.29, 0.717) is 0 Å². The van der Waals surface area contributed by atoms with Gasteiger partial charge in [0.1, 0.15) is 66.2 Å². The number of fused-ring (bicyclic) bond motifs is 6. The lowest BCUT2D eigenvalue weighted by atomic mass is 10.0. The third kappa shape index (κ3) is 20.4. The number of rotatable bonds is 14. The van der Waals surface area contributed by atoms with Crippen LogP contribution in [0.4, 0.5) is 0 Å². The summed E-state index contributed by atoms with van der Waals surface area (Å²) in [6.45, 7) is 47.9. The van der Waals surface area contributed by atoms with Crippen LogP contribution in [-0.2, 0) is 0 Å². The van der Waals surface area contributed by atoms with Gasteiger partial charge in [-0.1, -0.05) is 133 Å². The first-order valence-corrected chi connectivity index (χ1v) is 62.2. The Balaban J connectivity index is 0.000000105. The molecule has 18 aromatic heterocycles. The number of nitrogens with zero attached hydrogens (tertiary/aromatic N) is 12. The molecule has 0 radical (unpaired) electrons. The molecule has 30 heteroatoms. The van der Waals surface area contributed by atoms with E-state index >= 15 is 0 Å². The molecule has 0 atom stereocenters. The fourth-order valence-electron chi connectivity index (χ4n) is 18.4. The molecule has 12 nitrogen and oxygen atoms in total. The molecule has 148 heavy (non-hydrogen) atoms. The van der Waals surface area contributed by atoms with E-state index in [1.54, 1.807) is 22.7 Å². The maximum atomic E-state index is 4.72. The summed E-state index contributed by atoms with van der Waals surface area (Å²) < 4.78 is 55.4. The second-order valence-corrected chi connectivity index (χ2v) is 55.3. The highest BCUT2D eigenvalue weighted by Crippen LogP contribution is 2.52. The normalized spacial score (nSPS) is 11.4. The van der Waals surface area contributed by atoms with Crippen molar-refractivity contribution in [3.63, 3.8) is 0 Å². The van der Waals surface area contributed by atoms with Crippen molar-refractivity contribution in [2.75, 3.05) is 0 Å². The predicted molar refractivity (Wildman–Crippen MR) is 659 cm³/mol. The van der Waals surface area contributed by atoms with E-state index in [1.165, 1.54) is 321 Å². The zero-order chi connectivity index (χ0) is 103. The third-order valence-corrected chi connectivity index (χ3v) is 44.4. The average molecular weight is 2260 g/mol. The van der Waals surface area contributed by atoms with Crippen molar-refractivity contribution in [2.24, 2.45) is 0 Å². The van der Waals surface area contributed by atoms with Crippen LogP contribution in [-0.4, -0.2) is 52.5 Å². The first-order valence-electron chi connectivity index (χ1n) is 48.0. The molecule has 18 heterocycles. The lowest BCUT2D eigenvalue weighted by molar-refractivity contribution is 1.35. The van der Waals surface area contributed by atoms with Crippen LogP contribution in [0.25, 0.3) is 214 Å². The molecule has 0 bridgehead atoms. The van der Waals surface area contributed by atoms with Crippen LogP contribution < -0.4 is 0 Å². The van der Waals surface area contributed by atoms with Crippen LogP contribution in [0.2, 0.25) is 0 Å². The second kappa shape index (κ2) is 43.4. The Bertz CT molecular complexity index is 8670. The Morgan fingerprint density at radius 2 is 0.365 bits per heavy atom. The smallest absolute Gasteiger partial charge is 0.114 e. The fraction of sp³-hybridized carbons (Fsp3) is 0.186. The van der Waals surface area contributed by atoms with Crippen molar-refractivity contribution >= 4 is 273 Å². The summed E-state index contributed by atoms with van der Waals surface area (Å²) in [6.07, 6.45) is 0. The third-order valence-electron chi connectivity index (χ3n) is 27.2. The first-order chi connectivity index (χ1) is 71.4. The van der Waals surface area contributed by atoms with Gasteiger partial charge < -0.3 is 0 Å². The molecule has 0 aliphatic rings.